The van der Waals surface area contributed by atoms with Gasteiger partial charge in [-0.3, -0.25) is 0 Å². The lowest BCUT2D eigenvalue weighted by Crippen LogP contribution is -2.11. The molecule has 1 aromatic heterocycles. The van der Waals surface area contributed by atoms with Crippen LogP contribution < -0.4 is 0 Å². The minimum absolute atomic E-state index is 0.763. The average Bonchev–Trinajstić information content (AvgIpc) is 3.07. The maximum Gasteiger partial charge on any atom is 0.0502 e. The highest BCUT2D eigenvalue weighted by molar-refractivity contribution is 9.10. The molecule has 3 aromatic rings. The van der Waals surface area contributed by atoms with Crippen LogP contribution in [0.1, 0.15) is 97.3 Å². The van der Waals surface area contributed by atoms with E-state index in [9.17, 15) is 0 Å². The van der Waals surface area contributed by atoms with Gasteiger partial charge in [0.15, 0.2) is 0 Å². The van der Waals surface area contributed by atoms with Crippen molar-refractivity contribution in [2.45, 2.75) is 104 Å². The van der Waals surface area contributed by atoms with E-state index in [1.165, 1.54) is 114 Å². The lowest BCUT2D eigenvalue weighted by atomic mass is 9.94. The van der Waals surface area contributed by atoms with Crippen LogP contribution in [0.3, 0.4) is 0 Å². The molecule has 0 saturated heterocycles. The average molecular weight is 563 g/mol. The lowest BCUT2D eigenvalue weighted by molar-refractivity contribution is 0.365. The zero-order valence-corrected chi connectivity index (χ0v) is 23.3. The highest BCUT2D eigenvalue weighted by atomic mass is 79.9. The molecule has 3 heteroatoms. The maximum atomic E-state index is 3.72. The van der Waals surface area contributed by atoms with Crippen LogP contribution in [-0.2, 0) is 6.54 Å². The van der Waals surface area contributed by atoms with Gasteiger partial charge in [0.05, 0.1) is 11.0 Å². The number of benzene rings is 2. The molecule has 0 saturated carbocycles. The predicted octanol–water partition coefficient (Wildman–Crippen LogP) is 11.0. The topological polar surface area (TPSA) is 4.93 Å². The SMILES string of the molecule is CCCCCCCCC(CCCCCCC)Cn1c2cc(Br)ccc2c2ccc(Br)cc21. The van der Waals surface area contributed by atoms with Gasteiger partial charge in [0, 0.05) is 26.3 Å². The number of unbranched alkanes of at least 4 members (excludes halogenated alkanes) is 9. The molecule has 0 amide bonds. The summed E-state index contributed by atoms with van der Waals surface area (Å²) in [5.41, 5.74) is 2.73. The van der Waals surface area contributed by atoms with E-state index in [0.717, 1.165) is 12.5 Å². The highest BCUT2D eigenvalue weighted by Crippen LogP contribution is 2.34. The molecular weight excluding hydrogens is 522 g/mol. The van der Waals surface area contributed by atoms with Crippen LogP contribution in [0.5, 0.6) is 0 Å². The molecule has 176 valence electrons. The molecule has 0 fully saturated rings. The zero-order valence-electron chi connectivity index (χ0n) is 20.1. The van der Waals surface area contributed by atoms with Crippen molar-refractivity contribution >= 4 is 53.7 Å². The van der Waals surface area contributed by atoms with E-state index in [1.54, 1.807) is 0 Å². The summed E-state index contributed by atoms with van der Waals surface area (Å²) in [4.78, 5) is 0. The van der Waals surface area contributed by atoms with Crippen LogP contribution in [0, 0.1) is 5.92 Å². The smallest absolute Gasteiger partial charge is 0.0502 e. The minimum Gasteiger partial charge on any atom is -0.340 e. The number of hydrogen-bond acceptors (Lipinski definition) is 0. The summed E-state index contributed by atoms with van der Waals surface area (Å²) < 4.78 is 4.94. The Balaban J connectivity index is 1.78. The molecule has 1 nitrogen and oxygen atoms in total. The van der Waals surface area contributed by atoms with Crippen molar-refractivity contribution in [3.05, 3.63) is 45.3 Å². The van der Waals surface area contributed by atoms with Crippen LogP contribution in [0.2, 0.25) is 0 Å². The molecule has 0 aliphatic heterocycles. The van der Waals surface area contributed by atoms with Gasteiger partial charge < -0.3 is 4.57 Å². The fourth-order valence-corrected chi connectivity index (χ4v) is 5.77. The van der Waals surface area contributed by atoms with Crippen molar-refractivity contribution in [2.75, 3.05) is 0 Å². The van der Waals surface area contributed by atoms with Gasteiger partial charge in [-0.15, -0.1) is 0 Å². The summed E-state index contributed by atoms with van der Waals surface area (Å²) >= 11 is 7.44. The van der Waals surface area contributed by atoms with Gasteiger partial charge in [0.1, 0.15) is 0 Å². The Labute approximate surface area is 212 Å². The van der Waals surface area contributed by atoms with E-state index in [0.29, 0.717) is 0 Å². The summed E-state index contributed by atoms with van der Waals surface area (Å²) in [5.74, 6) is 0.763. The zero-order chi connectivity index (χ0) is 22.8. The van der Waals surface area contributed by atoms with Crippen LogP contribution in [0.15, 0.2) is 45.3 Å². The summed E-state index contributed by atoms with van der Waals surface area (Å²) in [6, 6.07) is 13.5. The second-order valence-electron chi connectivity index (χ2n) is 9.56. The first-order valence-corrected chi connectivity index (χ1v) is 14.6. The number of aromatic nitrogens is 1. The molecule has 3 rings (SSSR count). The van der Waals surface area contributed by atoms with E-state index >= 15 is 0 Å². The molecule has 0 radical (unpaired) electrons. The van der Waals surface area contributed by atoms with Crippen molar-refractivity contribution in [2.24, 2.45) is 5.92 Å². The Morgan fingerprint density at radius 3 is 1.53 bits per heavy atom. The van der Waals surface area contributed by atoms with Crippen molar-refractivity contribution in [3.8, 4) is 0 Å². The van der Waals surface area contributed by atoms with Crippen LogP contribution in [0.4, 0.5) is 0 Å². The van der Waals surface area contributed by atoms with Gasteiger partial charge in [0.25, 0.3) is 0 Å². The Hall–Kier alpha value is -0.800. The normalized spacial score (nSPS) is 12.8. The molecule has 32 heavy (non-hydrogen) atoms. The fourth-order valence-electron chi connectivity index (χ4n) is 5.07. The molecule has 0 aliphatic rings. The summed E-state index contributed by atoms with van der Waals surface area (Å²) in [6.07, 6.45) is 17.9. The third kappa shape index (κ3) is 7.35. The second kappa shape index (κ2) is 13.8. The summed E-state index contributed by atoms with van der Waals surface area (Å²) in [6.45, 7) is 5.74. The van der Waals surface area contributed by atoms with Crippen LogP contribution >= 0.6 is 31.9 Å². The van der Waals surface area contributed by atoms with Gasteiger partial charge in [-0.25, -0.2) is 0 Å². The van der Waals surface area contributed by atoms with Gasteiger partial charge >= 0.3 is 0 Å². The molecule has 2 aromatic carbocycles. The molecule has 0 spiro atoms. The Morgan fingerprint density at radius 1 is 0.625 bits per heavy atom. The fraction of sp³-hybridized carbons (Fsp3) is 0.586. The Morgan fingerprint density at radius 2 is 1.06 bits per heavy atom. The minimum atomic E-state index is 0.763. The first kappa shape index (κ1) is 25.8. The van der Waals surface area contributed by atoms with Gasteiger partial charge in [-0.2, -0.15) is 0 Å². The number of nitrogens with zero attached hydrogens (tertiary/aromatic N) is 1. The highest BCUT2D eigenvalue weighted by Gasteiger charge is 2.16. The third-order valence-corrected chi connectivity index (χ3v) is 7.90. The van der Waals surface area contributed by atoms with Gasteiger partial charge in [-0.05, 0) is 43.0 Å². The molecule has 1 atom stereocenters. The van der Waals surface area contributed by atoms with Crippen molar-refractivity contribution in [3.63, 3.8) is 0 Å². The van der Waals surface area contributed by atoms with Gasteiger partial charge in [-0.1, -0.05) is 128 Å². The van der Waals surface area contributed by atoms with E-state index in [4.69, 9.17) is 0 Å². The van der Waals surface area contributed by atoms with Crippen molar-refractivity contribution in [1.29, 1.82) is 0 Å². The number of hydrogen-bond donors (Lipinski definition) is 0. The van der Waals surface area contributed by atoms with E-state index in [1.807, 2.05) is 0 Å². The largest absolute Gasteiger partial charge is 0.340 e. The van der Waals surface area contributed by atoms with E-state index in [2.05, 4.69) is 86.7 Å². The molecule has 1 unspecified atom stereocenters. The number of fused-ring (bicyclic) bond motifs is 3. The van der Waals surface area contributed by atoms with E-state index < -0.39 is 0 Å². The monoisotopic (exact) mass is 561 g/mol. The third-order valence-electron chi connectivity index (χ3n) is 6.91. The maximum absolute atomic E-state index is 3.72. The van der Waals surface area contributed by atoms with Gasteiger partial charge in [0.2, 0.25) is 0 Å². The molecule has 0 bridgehead atoms. The lowest BCUT2D eigenvalue weighted by Gasteiger charge is -2.20. The molecular formula is C29H41Br2N. The van der Waals surface area contributed by atoms with Crippen molar-refractivity contribution in [1.82, 2.24) is 4.57 Å². The quantitative estimate of drug-likeness (QED) is 0.162. The Bertz CT molecular complexity index is 899. The molecule has 1 heterocycles. The Kier molecular flexibility index (Phi) is 11.1. The molecule has 0 N–H and O–H groups in total. The molecule has 0 aliphatic carbocycles. The van der Waals surface area contributed by atoms with Crippen molar-refractivity contribution < 1.29 is 0 Å². The number of rotatable bonds is 15. The summed E-state index contributed by atoms with van der Waals surface area (Å²) in [5, 5.41) is 2.74. The van der Waals surface area contributed by atoms with E-state index in [-0.39, 0.29) is 0 Å². The standard InChI is InChI=1S/C29H41Br2N/c1-3-5-7-9-11-13-15-23(14-12-10-8-6-4-2)22-32-28-20-24(30)16-18-26(28)27-19-17-25(31)21-29(27)32/h16-21,23H,3-15,22H2,1-2H3. The van der Waals surface area contributed by atoms with Crippen LogP contribution in [-0.4, -0.2) is 4.57 Å². The van der Waals surface area contributed by atoms with Crippen LogP contribution in [0.25, 0.3) is 21.8 Å². The first-order valence-electron chi connectivity index (χ1n) is 13.0. The first-order chi connectivity index (χ1) is 15.6. The summed E-state index contributed by atoms with van der Waals surface area (Å²) in [7, 11) is 0. The second-order valence-corrected chi connectivity index (χ2v) is 11.4. The number of halogens is 2. The predicted molar refractivity (Wildman–Crippen MR) is 150 cm³/mol.